The zero-order chi connectivity index (χ0) is 11.3. The van der Waals surface area contributed by atoms with E-state index < -0.39 is 8.07 Å². The van der Waals surface area contributed by atoms with Crippen LogP contribution in [0.4, 0.5) is 5.69 Å². The van der Waals surface area contributed by atoms with Crippen molar-refractivity contribution in [3.8, 4) is 11.1 Å². The fourth-order valence-electron chi connectivity index (χ4n) is 2.72. The molecule has 2 heteroatoms. The summed E-state index contributed by atoms with van der Waals surface area (Å²) in [5.41, 5.74) is 9.59. The Bertz CT molecular complexity index is 573. The van der Waals surface area contributed by atoms with Crippen molar-refractivity contribution in [2.24, 2.45) is 0 Å². The van der Waals surface area contributed by atoms with Crippen LogP contribution in [0.5, 0.6) is 0 Å². The van der Waals surface area contributed by atoms with Crippen molar-refractivity contribution in [1.29, 1.82) is 0 Å². The molecule has 1 aliphatic rings. The maximum atomic E-state index is 5.91. The van der Waals surface area contributed by atoms with Gasteiger partial charge < -0.3 is 5.73 Å². The zero-order valence-corrected chi connectivity index (χ0v) is 10.6. The van der Waals surface area contributed by atoms with Crippen LogP contribution >= 0.6 is 0 Å². The first kappa shape index (κ1) is 9.67. The van der Waals surface area contributed by atoms with Gasteiger partial charge in [0.15, 0.2) is 0 Å². The van der Waals surface area contributed by atoms with Crippen molar-refractivity contribution in [2.45, 2.75) is 13.1 Å². The molecule has 0 amide bonds. The summed E-state index contributed by atoms with van der Waals surface area (Å²) in [7, 11) is -1.49. The third-order valence-electron chi connectivity index (χ3n) is 3.61. The molecule has 0 saturated heterocycles. The second kappa shape index (κ2) is 2.98. The number of nitrogens with two attached hydrogens (primary N) is 1. The van der Waals surface area contributed by atoms with Gasteiger partial charge in [-0.25, -0.2) is 0 Å². The number of anilines is 1. The standard InChI is InChI=1S/C14H15NSi/c1-16(2)13-6-4-3-5-11(13)12-8-7-10(15)9-14(12)16/h3-9H,15H2,1-2H3. The van der Waals surface area contributed by atoms with E-state index in [2.05, 4.69) is 49.5 Å². The quantitative estimate of drug-likeness (QED) is 0.539. The minimum atomic E-state index is -1.49. The second-order valence-electron chi connectivity index (χ2n) is 4.98. The van der Waals surface area contributed by atoms with Crippen LogP contribution in [0, 0.1) is 0 Å². The van der Waals surface area contributed by atoms with E-state index in [1.54, 1.807) is 0 Å². The van der Waals surface area contributed by atoms with E-state index in [1.165, 1.54) is 21.5 Å². The SMILES string of the molecule is C[Si]1(C)c2ccccc2-c2ccc(N)cc21. The van der Waals surface area contributed by atoms with Crippen molar-refractivity contribution in [3.05, 3.63) is 42.5 Å². The molecule has 3 rings (SSSR count). The highest BCUT2D eigenvalue weighted by molar-refractivity contribution is 7.03. The molecule has 1 aliphatic heterocycles. The Hall–Kier alpha value is -1.54. The highest BCUT2D eigenvalue weighted by Gasteiger charge is 2.36. The number of hydrogen-bond donors (Lipinski definition) is 1. The Labute approximate surface area is 96.9 Å². The smallest absolute Gasteiger partial charge is 0.113 e. The molecular weight excluding hydrogens is 210 g/mol. The van der Waals surface area contributed by atoms with Crippen molar-refractivity contribution in [3.63, 3.8) is 0 Å². The van der Waals surface area contributed by atoms with Gasteiger partial charge in [-0.15, -0.1) is 0 Å². The maximum Gasteiger partial charge on any atom is 0.113 e. The molecule has 0 fully saturated rings. The molecule has 0 spiro atoms. The van der Waals surface area contributed by atoms with Crippen LogP contribution in [0.15, 0.2) is 42.5 Å². The first-order valence-electron chi connectivity index (χ1n) is 5.60. The first-order valence-corrected chi connectivity index (χ1v) is 8.60. The minimum Gasteiger partial charge on any atom is -0.399 e. The van der Waals surface area contributed by atoms with Gasteiger partial charge in [0.2, 0.25) is 0 Å². The molecule has 1 nitrogen and oxygen atoms in total. The lowest BCUT2D eigenvalue weighted by molar-refractivity contribution is 1.69. The number of fused-ring (bicyclic) bond motifs is 3. The van der Waals surface area contributed by atoms with Crippen LogP contribution in [0.25, 0.3) is 11.1 Å². The molecule has 2 aromatic rings. The van der Waals surface area contributed by atoms with Crippen molar-refractivity contribution in [2.75, 3.05) is 5.73 Å². The van der Waals surface area contributed by atoms with Crippen LogP contribution in [0.2, 0.25) is 13.1 Å². The van der Waals surface area contributed by atoms with Gasteiger partial charge in [-0.2, -0.15) is 0 Å². The molecule has 0 aromatic heterocycles. The summed E-state index contributed by atoms with van der Waals surface area (Å²) in [5.74, 6) is 0. The van der Waals surface area contributed by atoms with Crippen molar-refractivity contribution in [1.82, 2.24) is 0 Å². The molecule has 0 saturated carbocycles. The molecule has 0 unspecified atom stereocenters. The Balaban J connectivity index is 2.39. The average molecular weight is 225 g/mol. The lowest BCUT2D eigenvalue weighted by atomic mass is 10.1. The third kappa shape index (κ3) is 1.11. The Morgan fingerprint density at radius 1 is 0.875 bits per heavy atom. The fourth-order valence-corrected chi connectivity index (χ4v) is 5.84. The summed E-state index contributed by atoms with van der Waals surface area (Å²) in [6.07, 6.45) is 0. The summed E-state index contributed by atoms with van der Waals surface area (Å²) in [4.78, 5) is 0. The topological polar surface area (TPSA) is 26.0 Å². The largest absolute Gasteiger partial charge is 0.399 e. The van der Waals surface area contributed by atoms with E-state index >= 15 is 0 Å². The second-order valence-corrected chi connectivity index (χ2v) is 9.30. The first-order chi connectivity index (χ1) is 7.60. The van der Waals surface area contributed by atoms with Crippen LogP contribution < -0.4 is 16.1 Å². The van der Waals surface area contributed by atoms with E-state index in [4.69, 9.17) is 5.73 Å². The molecule has 1 heterocycles. The van der Waals surface area contributed by atoms with Gasteiger partial charge in [0, 0.05) is 5.69 Å². The highest BCUT2D eigenvalue weighted by Crippen LogP contribution is 2.28. The van der Waals surface area contributed by atoms with Gasteiger partial charge >= 0.3 is 0 Å². The third-order valence-corrected chi connectivity index (χ3v) is 7.15. The fraction of sp³-hybridized carbons (Fsp3) is 0.143. The van der Waals surface area contributed by atoms with Crippen molar-refractivity contribution < 1.29 is 0 Å². The molecule has 16 heavy (non-hydrogen) atoms. The molecular formula is C14H15NSi. The van der Waals surface area contributed by atoms with Gasteiger partial charge in [0.25, 0.3) is 0 Å². The zero-order valence-electron chi connectivity index (χ0n) is 9.62. The van der Waals surface area contributed by atoms with Gasteiger partial charge in [0.1, 0.15) is 8.07 Å². The molecule has 2 aromatic carbocycles. The average Bonchev–Trinajstić information content (AvgIpc) is 2.49. The molecule has 2 N–H and O–H groups in total. The van der Waals surface area contributed by atoms with Crippen LogP contribution in [-0.2, 0) is 0 Å². The molecule has 0 bridgehead atoms. The van der Waals surface area contributed by atoms with Crippen LogP contribution in [0.3, 0.4) is 0 Å². The molecule has 80 valence electrons. The van der Waals surface area contributed by atoms with E-state index in [9.17, 15) is 0 Å². The van der Waals surface area contributed by atoms with E-state index in [0.29, 0.717) is 0 Å². The predicted molar refractivity (Wildman–Crippen MR) is 73.0 cm³/mol. The summed E-state index contributed by atoms with van der Waals surface area (Å²) in [6.45, 7) is 4.80. The number of rotatable bonds is 0. The van der Waals surface area contributed by atoms with Crippen LogP contribution in [-0.4, -0.2) is 8.07 Å². The summed E-state index contributed by atoms with van der Waals surface area (Å²) in [5, 5.41) is 3.02. The molecule has 0 atom stereocenters. The van der Waals surface area contributed by atoms with E-state index in [0.717, 1.165) is 5.69 Å². The lowest BCUT2D eigenvalue weighted by Gasteiger charge is -2.18. The van der Waals surface area contributed by atoms with E-state index in [1.807, 2.05) is 6.07 Å². The number of hydrogen-bond acceptors (Lipinski definition) is 1. The Morgan fingerprint density at radius 3 is 2.38 bits per heavy atom. The Morgan fingerprint density at radius 2 is 1.56 bits per heavy atom. The number of benzene rings is 2. The van der Waals surface area contributed by atoms with E-state index in [-0.39, 0.29) is 0 Å². The van der Waals surface area contributed by atoms with Gasteiger partial charge in [-0.05, 0) is 33.6 Å². The van der Waals surface area contributed by atoms with Crippen LogP contribution in [0.1, 0.15) is 0 Å². The monoisotopic (exact) mass is 225 g/mol. The van der Waals surface area contributed by atoms with Gasteiger partial charge in [-0.1, -0.05) is 43.4 Å². The summed E-state index contributed by atoms with van der Waals surface area (Å²) >= 11 is 0. The lowest BCUT2D eigenvalue weighted by Crippen LogP contribution is -2.49. The molecule has 0 radical (unpaired) electrons. The normalized spacial score (nSPS) is 15.6. The van der Waals surface area contributed by atoms with Gasteiger partial charge in [-0.3, -0.25) is 0 Å². The summed E-state index contributed by atoms with van der Waals surface area (Å²) in [6, 6.07) is 15.1. The molecule has 0 aliphatic carbocycles. The highest BCUT2D eigenvalue weighted by atomic mass is 28.3. The summed E-state index contributed by atoms with van der Waals surface area (Å²) < 4.78 is 0. The van der Waals surface area contributed by atoms with Crippen molar-refractivity contribution >= 4 is 24.1 Å². The minimum absolute atomic E-state index is 0.882. The van der Waals surface area contributed by atoms with Gasteiger partial charge in [0.05, 0.1) is 0 Å². The number of nitrogen functional groups attached to an aromatic ring is 1. The maximum absolute atomic E-state index is 5.91. The Kier molecular flexibility index (Phi) is 1.80. The predicted octanol–water partition coefficient (Wildman–Crippen LogP) is 2.07.